The van der Waals surface area contributed by atoms with Crippen LogP contribution in [0, 0.1) is 11.3 Å². The fraction of sp³-hybridized carbons (Fsp3) is 0. The minimum atomic E-state index is -3.91. The number of hydrogen-bond donors (Lipinski definition) is 2. The molecule has 2 rings (SSSR count). The van der Waals surface area contributed by atoms with Crippen LogP contribution in [0.4, 0.5) is 11.4 Å². The number of nitrogens with one attached hydrogen (secondary N) is 1. The fourth-order valence-corrected chi connectivity index (χ4v) is 2.84. The van der Waals surface area contributed by atoms with E-state index in [4.69, 9.17) is 22.6 Å². The van der Waals surface area contributed by atoms with E-state index in [-0.39, 0.29) is 27.0 Å². The monoisotopic (exact) mass is 308 g/mol. The molecule has 8 heteroatoms. The molecule has 102 valence electrons. The van der Waals surface area contributed by atoms with E-state index in [1.807, 2.05) is 6.07 Å². The summed E-state index contributed by atoms with van der Waals surface area (Å²) >= 11 is 5.84. The Labute approximate surface area is 120 Å². The van der Waals surface area contributed by atoms with Crippen molar-refractivity contribution in [3.8, 4) is 6.07 Å². The van der Waals surface area contributed by atoms with Crippen LogP contribution in [0.25, 0.3) is 0 Å². The highest BCUT2D eigenvalue weighted by atomic mass is 35.5. The summed E-state index contributed by atoms with van der Waals surface area (Å²) in [4.78, 5) is 3.74. The van der Waals surface area contributed by atoms with E-state index >= 15 is 0 Å². The standard InChI is InChI=1S/C12H9ClN4O2S/c13-10-6-9(4-3-8(10)7-14)17-20(18,19)12-11(15)2-1-5-16-12/h1-6,17H,15H2. The van der Waals surface area contributed by atoms with Crippen molar-refractivity contribution >= 4 is 33.0 Å². The molecule has 0 saturated heterocycles. The lowest BCUT2D eigenvalue weighted by Gasteiger charge is -2.09. The molecule has 6 nitrogen and oxygen atoms in total. The van der Waals surface area contributed by atoms with Gasteiger partial charge in [-0.1, -0.05) is 11.6 Å². The van der Waals surface area contributed by atoms with Crippen molar-refractivity contribution in [2.24, 2.45) is 0 Å². The number of hydrogen-bond acceptors (Lipinski definition) is 5. The molecule has 1 aromatic heterocycles. The second kappa shape index (κ2) is 5.36. The summed E-state index contributed by atoms with van der Waals surface area (Å²) in [5, 5.41) is 8.65. The van der Waals surface area contributed by atoms with E-state index in [1.54, 1.807) is 0 Å². The minimum Gasteiger partial charge on any atom is -0.396 e. The maximum Gasteiger partial charge on any atom is 0.281 e. The van der Waals surface area contributed by atoms with Gasteiger partial charge in [0.25, 0.3) is 10.0 Å². The molecule has 3 N–H and O–H groups in total. The van der Waals surface area contributed by atoms with Crippen molar-refractivity contribution in [3.63, 3.8) is 0 Å². The van der Waals surface area contributed by atoms with Crippen LogP contribution in [-0.2, 0) is 10.0 Å². The van der Waals surface area contributed by atoms with Crippen LogP contribution in [0.15, 0.2) is 41.6 Å². The highest BCUT2D eigenvalue weighted by molar-refractivity contribution is 7.92. The molecule has 2 aromatic rings. The molecule has 0 aliphatic rings. The van der Waals surface area contributed by atoms with Gasteiger partial charge in [0.15, 0.2) is 5.03 Å². The maximum atomic E-state index is 12.1. The van der Waals surface area contributed by atoms with Gasteiger partial charge < -0.3 is 5.73 Å². The van der Waals surface area contributed by atoms with Crippen molar-refractivity contribution in [2.75, 3.05) is 10.5 Å². The zero-order valence-electron chi connectivity index (χ0n) is 10.0. The third-order valence-corrected chi connectivity index (χ3v) is 4.06. The van der Waals surface area contributed by atoms with Crippen LogP contribution in [0.2, 0.25) is 5.02 Å². The SMILES string of the molecule is N#Cc1ccc(NS(=O)(=O)c2ncccc2N)cc1Cl. The maximum absolute atomic E-state index is 12.1. The minimum absolute atomic E-state index is 0.0414. The van der Waals surface area contributed by atoms with Crippen molar-refractivity contribution in [2.45, 2.75) is 5.03 Å². The van der Waals surface area contributed by atoms with E-state index in [9.17, 15) is 8.42 Å². The number of nitrogens with two attached hydrogens (primary N) is 1. The first kappa shape index (κ1) is 14.1. The van der Waals surface area contributed by atoms with Crippen LogP contribution >= 0.6 is 11.6 Å². The quantitative estimate of drug-likeness (QED) is 0.901. The third-order valence-electron chi connectivity index (χ3n) is 2.40. The van der Waals surface area contributed by atoms with Gasteiger partial charge in [-0.15, -0.1) is 0 Å². The number of nitrogen functional groups attached to an aromatic ring is 1. The van der Waals surface area contributed by atoms with Crippen molar-refractivity contribution < 1.29 is 8.42 Å². The molecule has 0 amide bonds. The van der Waals surface area contributed by atoms with Gasteiger partial charge in [-0.05, 0) is 30.3 Å². The summed E-state index contributed by atoms with van der Waals surface area (Å²) in [7, 11) is -3.91. The van der Waals surface area contributed by atoms with Gasteiger partial charge in [-0.3, -0.25) is 4.72 Å². The van der Waals surface area contributed by atoms with Crippen LogP contribution in [0.3, 0.4) is 0 Å². The first-order chi connectivity index (χ1) is 9.44. The molecule has 0 atom stereocenters. The molecule has 1 heterocycles. The normalized spacial score (nSPS) is 10.8. The fourth-order valence-electron chi connectivity index (χ4n) is 1.50. The number of sulfonamides is 1. The Kier molecular flexibility index (Phi) is 3.79. The van der Waals surface area contributed by atoms with E-state index in [1.165, 1.54) is 36.5 Å². The molecule has 0 aliphatic carbocycles. The smallest absolute Gasteiger partial charge is 0.281 e. The van der Waals surface area contributed by atoms with Crippen LogP contribution < -0.4 is 10.5 Å². The molecule has 0 aliphatic heterocycles. The molecule has 0 unspecified atom stereocenters. The number of benzene rings is 1. The van der Waals surface area contributed by atoms with Gasteiger partial charge in [0.1, 0.15) is 6.07 Å². The van der Waals surface area contributed by atoms with E-state index in [2.05, 4.69) is 9.71 Å². The van der Waals surface area contributed by atoms with Crippen LogP contribution in [0.1, 0.15) is 5.56 Å². The molecule has 0 fully saturated rings. The van der Waals surface area contributed by atoms with Gasteiger partial charge in [0, 0.05) is 6.20 Å². The Morgan fingerprint density at radius 3 is 2.70 bits per heavy atom. The van der Waals surface area contributed by atoms with Gasteiger partial charge in [0.05, 0.1) is 22.0 Å². The Morgan fingerprint density at radius 2 is 2.10 bits per heavy atom. The lowest BCUT2D eigenvalue weighted by Crippen LogP contribution is -2.16. The van der Waals surface area contributed by atoms with Gasteiger partial charge in [-0.2, -0.15) is 13.7 Å². The van der Waals surface area contributed by atoms with E-state index in [0.717, 1.165) is 0 Å². The summed E-state index contributed by atoms with van der Waals surface area (Å²) in [6.07, 6.45) is 1.33. The summed E-state index contributed by atoms with van der Waals surface area (Å²) in [5.74, 6) is 0. The Balaban J connectivity index is 2.37. The van der Waals surface area contributed by atoms with Crippen molar-refractivity contribution in [3.05, 3.63) is 47.1 Å². The topological polar surface area (TPSA) is 109 Å². The highest BCUT2D eigenvalue weighted by Gasteiger charge is 2.19. The second-order valence-electron chi connectivity index (χ2n) is 3.81. The van der Waals surface area contributed by atoms with E-state index < -0.39 is 10.0 Å². The second-order valence-corrected chi connectivity index (χ2v) is 5.81. The predicted octanol–water partition coefficient (Wildman–Crippen LogP) is 1.99. The largest absolute Gasteiger partial charge is 0.396 e. The zero-order chi connectivity index (χ0) is 14.8. The number of nitriles is 1. The highest BCUT2D eigenvalue weighted by Crippen LogP contribution is 2.23. The molecule has 1 aromatic carbocycles. The first-order valence-electron chi connectivity index (χ1n) is 5.37. The molecule has 0 spiro atoms. The molecule has 0 radical (unpaired) electrons. The predicted molar refractivity (Wildman–Crippen MR) is 75.6 cm³/mol. The lowest BCUT2D eigenvalue weighted by molar-refractivity contribution is 0.598. The molecule has 0 bridgehead atoms. The Bertz CT molecular complexity index is 799. The average Bonchev–Trinajstić information content (AvgIpc) is 2.38. The number of aromatic nitrogens is 1. The number of pyridine rings is 1. The number of halogens is 1. The molecule has 20 heavy (non-hydrogen) atoms. The third kappa shape index (κ3) is 2.82. The van der Waals surface area contributed by atoms with E-state index in [0.29, 0.717) is 0 Å². The van der Waals surface area contributed by atoms with Crippen LogP contribution in [-0.4, -0.2) is 13.4 Å². The number of rotatable bonds is 3. The molecular weight excluding hydrogens is 300 g/mol. The van der Waals surface area contributed by atoms with Crippen molar-refractivity contribution in [1.29, 1.82) is 5.26 Å². The van der Waals surface area contributed by atoms with Gasteiger partial charge in [0.2, 0.25) is 0 Å². The number of nitrogens with zero attached hydrogens (tertiary/aromatic N) is 2. The lowest BCUT2D eigenvalue weighted by atomic mass is 10.2. The van der Waals surface area contributed by atoms with Crippen LogP contribution in [0.5, 0.6) is 0 Å². The summed E-state index contributed by atoms with van der Waals surface area (Å²) in [6, 6.07) is 9.05. The van der Waals surface area contributed by atoms with Gasteiger partial charge in [-0.25, -0.2) is 4.98 Å². The van der Waals surface area contributed by atoms with Crippen molar-refractivity contribution in [1.82, 2.24) is 4.98 Å². The zero-order valence-corrected chi connectivity index (χ0v) is 11.6. The Morgan fingerprint density at radius 1 is 1.35 bits per heavy atom. The average molecular weight is 309 g/mol. The van der Waals surface area contributed by atoms with Gasteiger partial charge >= 0.3 is 0 Å². The first-order valence-corrected chi connectivity index (χ1v) is 7.23. The molecular formula is C12H9ClN4O2S. The Hall–Kier alpha value is -2.30. The summed E-state index contributed by atoms with van der Waals surface area (Å²) < 4.78 is 26.6. The molecule has 0 saturated carbocycles. The summed E-state index contributed by atoms with van der Waals surface area (Å²) in [5.41, 5.74) is 6.10. The number of anilines is 2. The summed E-state index contributed by atoms with van der Waals surface area (Å²) in [6.45, 7) is 0.